The van der Waals surface area contributed by atoms with Crippen LogP contribution in [0.1, 0.15) is 32.1 Å². The predicted molar refractivity (Wildman–Crippen MR) is 149 cm³/mol. The number of unbranched alkanes of at least 4 members (excludes halogenated alkanes) is 4. The molecule has 1 aliphatic rings. The van der Waals surface area contributed by atoms with E-state index in [2.05, 4.69) is 45.2 Å². The van der Waals surface area contributed by atoms with E-state index in [1.807, 2.05) is 35.0 Å². The van der Waals surface area contributed by atoms with Crippen molar-refractivity contribution >= 4 is 28.2 Å². The SMILES string of the molecule is O=c1ccc(-n2ccc3ccccc32)nn1CCCCCCCN1CCN(c2ccccc2Cl)CC1. The number of hydrogen-bond donors (Lipinski definition) is 0. The molecule has 0 bridgehead atoms. The first-order valence-electron chi connectivity index (χ1n) is 13.1. The molecule has 2 aromatic heterocycles. The van der Waals surface area contributed by atoms with Gasteiger partial charge in [-0.15, -0.1) is 0 Å². The number of halogens is 1. The minimum Gasteiger partial charge on any atom is -0.368 e. The largest absolute Gasteiger partial charge is 0.368 e. The van der Waals surface area contributed by atoms with Gasteiger partial charge in [-0.3, -0.25) is 14.3 Å². The van der Waals surface area contributed by atoms with Gasteiger partial charge >= 0.3 is 0 Å². The Hall–Kier alpha value is -3.09. The summed E-state index contributed by atoms with van der Waals surface area (Å²) in [7, 11) is 0. The van der Waals surface area contributed by atoms with E-state index >= 15 is 0 Å². The lowest BCUT2D eigenvalue weighted by Gasteiger charge is -2.36. The van der Waals surface area contributed by atoms with E-state index in [1.54, 1.807) is 16.8 Å². The Labute approximate surface area is 217 Å². The Balaban J connectivity index is 1.02. The van der Waals surface area contributed by atoms with Crippen molar-refractivity contribution in [1.29, 1.82) is 0 Å². The highest BCUT2D eigenvalue weighted by Crippen LogP contribution is 2.26. The van der Waals surface area contributed by atoms with Crippen molar-refractivity contribution in [1.82, 2.24) is 19.2 Å². The third kappa shape index (κ3) is 5.82. The van der Waals surface area contributed by atoms with Gasteiger partial charge in [0.15, 0.2) is 5.82 Å². The number of nitrogens with zero attached hydrogens (tertiary/aromatic N) is 5. The van der Waals surface area contributed by atoms with Crippen molar-refractivity contribution in [3.8, 4) is 5.82 Å². The number of benzene rings is 2. The van der Waals surface area contributed by atoms with Crippen LogP contribution in [0.5, 0.6) is 0 Å². The Morgan fingerprint density at radius 3 is 2.31 bits per heavy atom. The van der Waals surface area contributed by atoms with Gasteiger partial charge in [0.2, 0.25) is 0 Å². The number of fused-ring (bicyclic) bond motifs is 1. The summed E-state index contributed by atoms with van der Waals surface area (Å²) in [6.07, 6.45) is 7.74. The zero-order valence-corrected chi connectivity index (χ0v) is 21.5. The maximum atomic E-state index is 12.4. The monoisotopic (exact) mass is 503 g/mol. The van der Waals surface area contributed by atoms with Gasteiger partial charge in [-0.1, -0.05) is 61.2 Å². The third-order valence-corrected chi connectivity index (χ3v) is 7.43. The molecule has 6 nitrogen and oxygen atoms in total. The molecule has 2 aromatic carbocycles. The van der Waals surface area contributed by atoms with E-state index < -0.39 is 0 Å². The van der Waals surface area contributed by atoms with Crippen molar-refractivity contribution in [2.45, 2.75) is 38.6 Å². The fourth-order valence-corrected chi connectivity index (χ4v) is 5.31. The van der Waals surface area contributed by atoms with Gasteiger partial charge in [0, 0.05) is 45.0 Å². The number of piperazine rings is 1. The van der Waals surface area contributed by atoms with Crippen LogP contribution < -0.4 is 10.5 Å². The van der Waals surface area contributed by atoms with Crippen molar-refractivity contribution in [3.63, 3.8) is 0 Å². The first-order valence-corrected chi connectivity index (χ1v) is 13.4. The lowest BCUT2D eigenvalue weighted by atomic mass is 10.1. The van der Waals surface area contributed by atoms with Gasteiger partial charge in [0.05, 0.1) is 16.2 Å². The molecule has 0 radical (unpaired) electrons. The van der Waals surface area contributed by atoms with Crippen LogP contribution in [0, 0.1) is 0 Å². The number of rotatable bonds is 10. The maximum Gasteiger partial charge on any atom is 0.266 e. The normalized spacial score (nSPS) is 14.5. The molecule has 7 heteroatoms. The maximum absolute atomic E-state index is 12.4. The van der Waals surface area contributed by atoms with Crippen LogP contribution >= 0.6 is 11.6 Å². The molecule has 1 saturated heterocycles. The molecule has 1 fully saturated rings. The zero-order chi connectivity index (χ0) is 24.7. The summed E-state index contributed by atoms with van der Waals surface area (Å²) in [4.78, 5) is 17.3. The second-order valence-corrected chi connectivity index (χ2v) is 9.95. The molecule has 0 aliphatic carbocycles. The molecule has 4 aromatic rings. The van der Waals surface area contributed by atoms with Crippen LogP contribution in [0.2, 0.25) is 5.02 Å². The molecule has 36 heavy (non-hydrogen) atoms. The van der Waals surface area contributed by atoms with Gasteiger partial charge in [-0.25, -0.2) is 4.68 Å². The number of aryl methyl sites for hydroxylation is 1. The van der Waals surface area contributed by atoms with Crippen molar-refractivity contribution in [2.75, 3.05) is 37.6 Å². The van der Waals surface area contributed by atoms with Gasteiger partial charge in [0.1, 0.15) is 0 Å². The van der Waals surface area contributed by atoms with E-state index in [9.17, 15) is 4.79 Å². The highest BCUT2D eigenvalue weighted by Gasteiger charge is 2.18. The lowest BCUT2D eigenvalue weighted by Crippen LogP contribution is -2.46. The Morgan fingerprint density at radius 2 is 1.47 bits per heavy atom. The van der Waals surface area contributed by atoms with Crippen molar-refractivity contribution in [2.24, 2.45) is 0 Å². The zero-order valence-electron chi connectivity index (χ0n) is 20.7. The molecule has 5 rings (SSSR count). The van der Waals surface area contributed by atoms with Crippen LogP contribution in [0.3, 0.4) is 0 Å². The molecule has 0 spiro atoms. The predicted octanol–water partition coefficient (Wildman–Crippen LogP) is 5.61. The van der Waals surface area contributed by atoms with Crippen molar-refractivity contribution in [3.05, 3.63) is 88.3 Å². The molecule has 0 saturated carbocycles. The Kier molecular flexibility index (Phi) is 8.04. The minimum absolute atomic E-state index is 0.0360. The molecule has 0 N–H and O–H groups in total. The highest BCUT2D eigenvalue weighted by molar-refractivity contribution is 6.33. The van der Waals surface area contributed by atoms with E-state index in [1.165, 1.54) is 24.6 Å². The quantitative estimate of drug-likeness (QED) is 0.264. The molecule has 1 aliphatic heterocycles. The second kappa shape index (κ2) is 11.8. The van der Waals surface area contributed by atoms with Gasteiger partial charge in [0.25, 0.3) is 5.56 Å². The molecule has 0 unspecified atom stereocenters. The average molecular weight is 504 g/mol. The Morgan fingerprint density at radius 1 is 0.750 bits per heavy atom. The summed E-state index contributed by atoms with van der Waals surface area (Å²) in [5, 5.41) is 6.65. The first-order chi connectivity index (χ1) is 17.7. The Bertz CT molecular complexity index is 1340. The topological polar surface area (TPSA) is 46.3 Å². The number of aromatic nitrogens is 3. The van der Waals surface area contributed by atoms with E-state index in [0.717, 1.165) is 67.6 Å². The smallest absolute Gasteiger partial charge is 0.266 e. The number of anilines is 1. The number of para-hydroxylation sites is 2. The summed E-state index contributed by atoms with van der Waals surface area (Å²) in [6, 6.07) is 21.8. The average Bonchev–Trinajstić information content (AvgIpc) is 3.34. The second-order valence-electron chi connectivity index (χ2n) is 9.55. The van der Waals surface area contributed by atoms with Gasteiger partial charge in [-0.2, -0.15) is 5.10 Å². The van der Waals surface area contributed by atoms with E-state index in [-0.39, 0.29) is 5.56 Å². The van der Waals surface area contributed by atoms with E-state index in [4.69, 9.17) is 11.6 Å². The summed E-state index contributed by atoms with van der Waals surface area (Å²) < 4.78 is 3.65. The highest BCUT2D eigenvalue weighted by atomic mass is 35.5. The van der Waals surface area contributed by atoms with Crippen LogP contribution in [-0.2, 0) is 6.54 Å². The van der Waals surface area contributed by atoms with Gasteiger partial charge in [-0.05, 0) is 55.1 Å². The fraction of sp³-hybridized carbons (Fsp3) is 0.379. The minimum atomic E-state index is -0.0360. The summed E-state index contributed by atoms with van der Waals surface area (Å²) in [6.45, 7) is 6.06. The number of hydrogen-bond acceptors (Lipinski definition) is 4. The molecular formula is C29H34ClN5O. The van der Waals surface area contributed by atoms with Crippen molar-refractivity contribution < 1.29 is 0 Å². The third-order valence-electron chi connectivity index (χ3n) is 7.11. The van der Waals surface area contributed by atoms with Crippen LogP contribution in [-0.4, -0.2) is 52.0 Å². The van der Waals surface area contributed by atoms with Crippen LogP contribution in [0.25, 0.3) is 16.7 Å². The first kappa shape index (κ1) is 24.6. The standard InChI is InChI=1S/C29H34ClN5O/c30-25-11-5-7-13-27(25)33-22-20-32(21-23-33)17-8-2-1-3-9-18-35-29(36)15-14-28(31-35)34-19-16-24-10-4-6-12-26(24)34/h4-7,10-16,19H,1-3,8-9,17-18,20-23H2. The molecule has 188 valence electrons. The van der Waals surface area contributed by atoms with Gasteiger partial charge < -0.3 is 4.90 Å². The van der Waals surface area contributed by atoms with Crippen LogP contribution in [0.15, 0.2) is 77.7 Å². The lowest BCUT2D eigenvalue weighted by molar-refractivity contribution is 0.252. The molecular weight excluding hydrogens is 470 g/mol. The van der Waals surface area contributed by atoms with Crippen LogP contribution in [0.4, 0.5) is 5.69 Å². The molecule has 0 atom stereocenters. The van der Waals surface area contributed by atoms with E-state index in [0.29, 0.717) is 6.54 Å². The summed E-state index contributed by atoms with van der Waals surface area (Å²) in [5.41, 5.74) is 2.21. The molecule has 3 heterocycles. The summed E-state index contributed by atoms with van der Waals surface area (Å²) in [5.74, 6) is 0.783. The fourth-order valence-electron chi connectivity index (χ4n) is 5.06. The molecule has 0 amide bonds. The summed E-state index contributed by atoms with van der Waals surface area (Å²) >= 11 is 6.36.